The van der Waals surface area contributed by atoms with Gasteiger partial charge in [0.25, 0.3) is 0 Å². The quantitative estimate of drug-likeness (QED) is 0.381. The Morgan fingerprint density at radius 1 is 0.781 bits per heavy atom. The summed E-state index contributed by atoms with van der Waals surface area (Å²) in [7, 11) is 2.34. The number of hydrogen-bond donors (Lipinski definition) is 0. The molecule has 1 unspecified atom stereocenters. The molecule has 0 aliphatic heterocycles. The highest BCUT2D eigenvalue weighted by atomic mass is 31.1. The largest absolute Gasteiger partial charge is 0.291 e. The average molecular weight is 450 g/mol. The van der Waals surface area contributed by atoms with Crippen molar-refractivity contribution in [1.82, 2.24) is 4.90 Å². The van der Waals surface area contributed by atoms with Gasteiger partial charge in [-0.25, -0.2) is 0 Å². The van der Waals surface area contributed by atoms with Crippen LogP contribution in [-0.4, -0.2) is 23.3 Å². The zero-order valence-electron chi connectivity index (χ0n) is 20.9. The van der Waals surface area contributed by atoms with Crippen LogP contribution in [0.4, 0.5) is 0 Å². The number of nitrogens with zero attached hydrogens (tertiary/aromatic N) is 1. The van der Waals surface area contributed by atoms with Crippen molar-refractivity contribution < 1.29 is 0 Å². The molecule has 0 aromatic heterocycles. The monoisotopic (exact) mass is 449 g/mol. The molecule has 0 spiro atoms. The molecule has 2 saturated carbocycles. The molecule has 0 N–H and O–H groups in total. The van der Waals surface area contributed by atoms with Gasteiger partial charge in [-0.2, -0.15) is 0 Å². The molecular formula is C30H44NP. The first kappa shape index (κ1) is 24.0. The maximum Gasteiger partial charge on any atom is 0.0557 e. The van der Waals surface area contributed by atoms with Crippen molar-refractivity contribution in [2.45, 2.75) is 109 Å². The Labute approximate surface area is 198 Å². The lowest BCUT2D eigenvalue weighted by Crippen LogP contribution is -2.32. The van der Waals surface area contributed by atoms with Crippen LogP contribution in [0.5, 0.6) is 0 Å². The van der Waals surface area contributed by atoms with E-state index in [1.165, 1.54) is 86.5 Å². The third-order valence-corrected chi connectivity index (χ3v) is 11.9. The minimum absolute atomic E-state index is 0.0884. The van der Waals surface area contributed by atoms with Crippen LogP contribution in [0.25, 0.3) is 0 Å². The van der Waals surface area contributed by atoms with E-state index < -0.39 is 0 Å². The van der Waals surface area contributed by atoms with Crippen molar-refractivity contribution in [3.63, 3.8) is 0 Å². The topological polar surface area (TPSA) is 3.24 Å². The standard InChI is InChI=1S/C30H44NP/c1-23-20-24(2)29(25(3)21-23)30(31(4)22-26-14-8-5-9-15-26)32(27-16-10-6-11-17-27)28-18-12-7-13-19-28/h5,8-9,14-15,20-21,27-28,30H,6-7,10-13,16-19,22H2,1-4H3. The molecule has 0 amide bonds. The van der Waals surface area contributed by atoms with E-state index >= 15 is 0 Å². The van der Waals surface area contributed by atoms with Crippen molar-refractivity contribution >= 4 is 7.92 Å². The highest BCUT2D eigenvalue weighted by Gasteiger charge is 2.40. The van der Waals surface area contributed by atoms with E-state index in [1.807, 2.05) is 0 Å². The summed E-state index contributed by atoms with van der Waals surface area (Å²) in [5, 5.41) is 0. The van der Waals surface area contributed by atoms with Gasteiger partial charge in [-0.1, -0.05) is 94.5 Å². The summed E-state index contributed by atoms with van der Waals surface area (Å²) in [6.07, 6.45) is 14.6. The first-order valence-corrected chi connectivity index (χ1v) is 14.7. The van der Waals surface area contributed by atoms with Gasteiger partial charge in [0.15, 0.2) is 0 Å². The minimum atomic E-state index is -0.0884. The van der Waals surface area contributed by atoms with Gasteiger partial charge in [-0.15, -0.1) is 0 Å². The Morgan fingerprint density at radius 3 is 1.78 bits per heavy atom. The fourth-order valence-corrected chi connectivity index (χ4v) is 11.2. The molecule has 0 bridgehead atoms. The molecule has 0 heterocycles. The van der Waals surface area contributed by atoms with Gasteiger partial charge in [0, 0.05) is 6.54 Å². The minimum Gasteiger partial charge on any atom is -0.291 e. The van der Waals surface area contributed by atoms with Crippen molar-refractivity contribution in [2.24, 2.45) is 0 Å². The Balaban J connectivity index is 1.77. The van der Waals surface area contributed by atoms with Gasteiger partial charge in [0.05, 0.1) is 5.78 Å². The zero-order chi connectivity index (χ0) is 22.5. The van der Waals surface area contributed by atoms with Crippen molar-refractivity contribution in [2.75, 3.05) is 7.05 Å². The van der Waals surface area contributed by atoms with Crippen molar-refractivity contribution in [3.8, 4) is 0 Å². The van der Waals surface area contributed by atoms with E-state index in [9.17, 15) is 0 Å². The number of aryl methyl sites for hydroxylation is 3. The number of hydrogen-bond acceptors (Lipinski definition) is 1. The predicted octanol–water partition coefficient (Wildman–Crippen LogP) is 8.89. The Hall–Kier alpha value is -1.17. The summed E-state index contributed by atoms with van der Waals surface area (Å²) >= 11 is 0. The fraction of sp³-hybridized carbons (Fsp3) is 0.600. The van der Waals surface area contributed by atoms with Crippen LogP contribution in [0.3, 0.4) is 0 Å². The molecule has 0 saturated heterocycles. The normalized spacial score (nSPS) is 19.6. The van der Waals surface area contributed by atoms with Crippen molar-refractivity contribution in [1.29, 1.82) is 0 Å². The summed E-state index contributed by atoms with van der Waals surface area (Å²) in [5.74, 6) is 0.581. The maximum atomic E-state index is 2.76. The van der Waals surface area contributed by atoms with E-state index in [4.69, 9.17) is 0 Å². The Bertz CT molecular complexity index is 807. The average Bonchev–Trinajstić information content (AvgIpc) is 2.80. The lowest BCUT2D eigenvalue weighted by atomic mass is 9.98. The van der Waals surface area contributed by atoms with E-state index in [-0.39, 0.29) is 7.92 Å². The van der Waals surface area contributed by atoms with E-state index in [1.54, 1.807) is 5.56 Å². The maximum absolute atomic E-state index is 2.76. The van der Waals surface area contributed by atoms with Crippen LogP contribution in [0.15, 0.2) is 42.5 Å². The first-order chi connectivity index (χ1) is 15.5. The molecule has 2 fully saturated rings. The first-order valence-electron chi connectivity index (χ1n) is 13.1. The van der Waals surface area contributed by atoms with Crippen LogP contribution in [-0.2, 0) is 6.54 Å². The van der Waals surface area contributed by atoms with Gasteiger partial charge >= 0.3 is 0 Å². The Morgan fingerprint density at radius 2 is 1.28 bits per heavy atom. The summed E-state index contributed by atoms with van der Waals surface area (Å²) in [6.45, 7) is 8.08. The summed E-state index contributed by atoms with van der Waals surface area (Å²) in [5.41, 5.74) is 9.46. The molecule has 2 aromatic rings. The molecule has 4 rings (SSSR count). The van der Waals surface area contributed by atoms with Crippen molar-refractivity contribution in [3.05, 3.63) is 70.3 Å². The van der Waals surface area contributed by atoms with Gasteiger partial charge in [-0.3, -0.25) is 4.90 Å². The second-order valence-electron chi connectivity index (χ2n) is 10.6. The lowest BCUT2D eigenvalue weighted by Gasteiger charge is -2.47. The Kier molecular flexibility index (Phi) is 8.47. The molecule has 2 heteroatoms. The molecule has 1 nitrogen and oxygen atoms in total. The summed E-state index contributed by atoms with van der Waals surface area (Å²) < 4.78 is 0. The molecule has 2 aliphatic rings. The smallest absolute Gasteiger partial charge is 0.0557 e. The fourth-order valence-electron chi connectivity index (χ4n) is 6.61. The molecule has 2 aromatic carbocycles. The summed E-state index contributed by atoms with van der Waals surface area (Å²) in [6, 6.07) is 16.1. The third kappa shape index (κ3) is 5.66. The summed E-state index contributed by atoms with van der Waals surface area (Å²) in [4.78, 5) is 2.76. The molecule has 0 radical (unpaired) electrons. The highest BCUT2D eigenvalue weighted by molar-refractivity contribution is 7.59. The van der Waals surface area contributed by atoms with Crippen LogP contribution in [0.2, 0.25) is 0 Å². The van der Waals surface area contributed by atoms with Gasteiger partial charge in [0.1, 0.15) is 0 Å². The molecular weight excluding hydrogens is 405 g/mol. The van der Waals surface area contributed by atoms with Gasteiger partial charge in [-0.05, 0) is 87.1 Å². The number of benzene rings is 2. The van der Waals surface area contributed by atoms with Crippen LogP contribution < -0.4 is 0 Å². The predicted molar refractivity (Wildman–Crippen MR) is 142 cm³/mol. The zero-order valence-corrected chi connectivity index (χ0v) is 21.8. The van der Waals surface area contributed by atoms with Gasteiger partial charge in [0.2, 0.25) is 0 Å². The number of rotatable bonds is 7. The molecule has 174 valence electrons. The molecule has 32 heavy (non-hydrogen) atoms. The van der Waals surface area contributed by atoms with E-state index in [0.717, 1.165) is 17.9 Å². The van der Waals surface area contributed by atoms with Crippen LogP contribution in [0.1, 0.15) is 97.8 Å². The second kappa shape index (κ2) is 11.3. The molecule has 2 aliphatic carbocycles. The SMILES string of the molecule is Cc1cc(C)c(C(N(C)Cc2ccccc2)P(C2CCCCC2)C2CCCCC2)c(C)c1. The highest BCUT2D eigenvalue weighted by Crippen LogP contribution is 2.66. The molecule has 1 atom stereocenters. The van der Waals surface area contributed by atoms with Crippen LogP contribution in [0, 0.1) is 20.8 Å². The third-order valence-electron chi connectivity index (χ3n) is 7.96. The van der Waals surface area contributed by atoms with Gasteiger partial charge < -0.3 is 0 Å². The van der Waals surface area contributed by atoms with E-state index in [0.29, 0.717) is 5.78 Å². The van der Waals surface area contributed by atoms with Crippen LogP contribution >= 0.6 is 7.92 Å². The lowest BCUT2D eigenvalue weighted by molar-refractivity contribution is 0.297. The second-order valence-corrected chi connectivity index (χ2v) is 13.5. The van der Waals surface area contributed by atoms with E-state index in [2.05, 4.69) is 75.2 Å².